The van der Waals surface area contributed by atoms with E-state index in [9.17, 15) is 0 Å². The van der Waals surface area contributed by atoms with Crippen molar-refractivity contribution in [2.75, 3.05) is 13.1 Å². The minimum atomic E-state index is 0.610. The maximum Gasteiger partial charge on any atom is 0.135 e. The van der Waals surface area contributed by atoms with Crippen LogP contribution in [0, 0.1) is 0 Å². The Morgan fingerprint density at radius 1 is 0.880 bits per heavy atom. The van der Waals surface area contributed by atoms with Crippen molar-refractivity contribution in [1.82, 2.24) is 4.90 Å². The molecule has 0 aliphatic carbocycles. The van der Waals surface area contributed by atoms with E-state index in [1.165, 1.54) is 11.1 Å². The number of halogens is 2. The lowest BCUT2D eigenvalue weighted by molar-refractivity contribution is 0.256. The fourth-order valence-electron chi connectivity index (χ4n) is 3.39. The van der Waals surface area contributed by atoms with Gasteiger partial charge in [-0.2, -0.15) is 0 Å². The average molecular weight is 372 g/mol. The molecule has 0 saturated heterocycles. The van der Waals surface area contributed by atoms with Crippen molar-refractivity contribution >= 4 is 23.2 Å². The number of hydrogen-bond donors (Lipinski definition) is 0. The summed E-state index contributed by atoms with van der Waals surface area (Å²) in [5.41, 5.74) is 3.82. The summed E-state index contributed by atoms with van der Waals surface area (Å²) in [7, 11) is 0. The van der Waals surface area contributed by atoms with E-state index in [4.69, 9.17) is 27.6 Å². The zero-order valence-corrected chi connectivity index (χ0v) is 15.4. The summed E-state index contributed by atoms with van der Waals surface area (Å²) in [6, 6.07) is 18.2. The second kappa shape index (κ2) is 7.25. The number of hydrogen-bond acceptors (Lipinski definition) is 2. The highest BCUT2D eigenvalue weighted by Crippen LogP contribution is 2.32. The van der Waals surface area contributed by atoms with Crippen molar-refractivity contribution in [1.29, 1.82) is 0 Å². The molecule has 2 nitrogen and oxygen atoms in total. The van der Waals surface area contributed by atoms with Crippen molar-refractivity contribution in [3.05, 3.63) is 81.5 Å². The van der Waals surface area contributed by atoms with E-state index >= 15 is 0 Å². The third-order valence-corrected chi connectivity index (χ3v) is 5.30. The van der Waals surface area contributed by atoms with Gasteiger partial charge in [0.15, 0.2) is 0 Å². The average Bonchev–Trinajstić information content (AvgIpc) is 2.96. The molecule has 1 aliphatic heterocycles. The van der Waals surface area contributed by atoms with Gasteiger partial charge in [0.05, 0.1) is 11.6 Å². The summed E-state index contributed by atoms with van der Waals surface area (Å²) in [6.07, 6.45) is 2.18. The molecular weight excluding hydrogens is 353 g/mol. The van der Waals surface area contributed by atoms with Gasteiger partial charge in [-0.15, -0.1) is 0 Å². The van der Waals surface area contributed by atoms with Crippen LogP contribution in [0.3, 0.4) is 0 Å². The van der Waals surface area contributed by atoms with Crippen molar-refractivity contribution in [3.8, 4) is 11.3 Å². The van der Waals surface area contributed by atoms with Crippen LogP contribution in [0.1, 0.15) is 16.9 Å². The Bertz CT molecular complexity index is 860. The highest BCUT2D eigenvalue weighted by Gasteiger charge is 2.16. The molecule has 3 aromatic rings. The summed E-state index contributed by atoms with van der Waals surface area (Å²) in [4.78, 5) is 2.45. The predicted octanol–water partition coefficient (Wildman–Crippen LogP) is 5.85. The summed E-state index contributed by atoms with van der Waals surface area (Å²) in [6.45, 7) is 2.92. The quantitative estimate of drug-likeness (QED) is 0.573. The standard InChI is InChI=1S/C21H19Cl2NO/c22-17-5-7-19(20(23)13-17)21-8-6-18(25-21)14-24-11-9-15-3-1-2-4-16(15)10-12-24/h1-8,13H,9-12,14H2. The van der Waals surface area contributed by atoms with E-state index in [-0.39, 0.29) is 0 Å². The second-order valence-electron chi connectivity index (χ2n) is 6.43. The van der Waals surface area contributed by atoms with E-state index in [0.717, 1.165) is 49.6 Å². The zero-order chi connectivity index (χ0) is 17.2. The molecule has 0 saturated carbocycles. The Morgan fingerprint density at radius 2 is 1.60 bits per heavy atom. The molecule has 0 N–H and O–H groups in total. The Labute approximate surface area is 158 Å². The summed E-state index contributed by atoms with van der Waals surface area (Å²) >= 11 is 12.3. The monoisotopic (exact) mass is 371 g/mol. The SMILES string of the molecule is Clc1ccc(-c2ccc(CN3CCc4ccccc4CC3)o2)c(Cl)c1. The van der Waals surface area contributed by atoms with Gasteiger partial charge in [0.2, 0.25) is 0 Å². The van der Waals surface area contributed by atoms with Crippen LogP contribution in [0.4, 0.5) is 0 Å². The van der Waals surface area contributed by atoms with E-state index in [1.807, 2.05) is 24.3 Å². The largest absolute Gasteiger partial charge is 0.460 e. The smallest absolute Gasteiger partial charge is 0.135 e. The van der Waals surface area contributed by atoms with Crippen LogP contribution in [0.2, 0.25) is 10.0 Å². The van der Waals surface area contributed by atoms with E-state index in [0.29, 0.717) is 10.0 Å². The number of furan rings is 1. The van der Waals surface area contributed by atoms with Gasteiger partial charge in [0.1, 0.15) is 11.5 Å². The Kier molecular flexibility index (Phi) is 4.85. The molecule has 0 fully saturated rings. The summed E-state index contributed by atoms with van der Waals surface area (Å²) in [5, 5.41) is 1.24. The van der Waals surface area contributed by atoms with Crippen LogP contribution in [-0.4, -0.2) is 18.0 Å². The third-order valence-electron chi connectivity index (χ3n) is 4.75. The topological polar surface area (TPSA) is 16.4 Å². The first-order chi connectivity index (χ1) is 12.2. The van der Waals surface area contributed by atoms with Crippen LogP contribution >= 0.6 is 23.2 Å². The molecule has 25 heavy (non-hydrogen) atoms. The Balaban J connectivity index is 1.47. The van der Waals surface area contributed by atoms with E-state index in [2.05, 4.69) is 29.2 Å². The molecule has 4 rings (SSSR count). The molecule has 0 amide bonds. The molecule has 0 atom stereocenters. The van der Waals surface area contributed by atoms with Crippen LogP contribution in [0.25, 0.3) is 11.3 Å². The van der Waals surface area contributed by atoms with Gasteiger partial charge in [0.25, 0.3) is 0 Å². The second-order valence-corrected chi connectivity index (χ2v) is 7.28. The van der Waals surface area contributed by atoms with Crippen LogP contribution in [-0.2, 0) is 19.4 Å². The molecule has 2 heterocycles. The molecule has 0 radical (unpaired) electrons. The first-order valence-electron chi connectivity index (χ1n) is 8.52. The van der Waals surface area contributed by atoms with Crippen LogP contribution in [0.5, 0.6) is 0 Å². The molecular formula is C21H19Cl2NO. The van der Waals surface area contributed by atoms with E-state index < -0.39 is 0 Å². The van der Waals surface area contributed by atoms with Gasteiger partial charge in [0, 0.05) is 23.7 Å². The maximum atomic E-state index is 6.28. The first-order valence-corrected chi connectivity index (χ1v) is 9.28. The van der Waals surface area contributed by atoms with Crippen LogP contribution < -0.4 is 0 Å². The lowest BCUT2D eigenvalue weighted by Crippen LogP contribution is -2.25. The molecule has 1 aliphatic rings. The summed E-state index contributed by atoms with van der Waals surface area (Å²) < 4.78 is 6.04. The van der Waals surface area contributed by atoms with Gasteiger partial charge < -0.3 is 4.42 Å². The minimum Gasteiger partial charge on any atom is -0.460 e. The third kappa shape index (κ3) is 3.77. The zero-order valence-electron chi connectivity index (χ0n) is 13.8. The maximum absolute atomic E-state index is 6.28. The number of rotatable bonds is 3. The fraction of sp³-hybridized carbons (Fsp3) is 0.238. The molecule has 2 aromatic carbocycles. The molecule has 4 heteroatoms. The minimum absolute atomic E-state index is 0.610. The van der Waals surface area contributed by atoms with Crippen LogP contribution in [0.15, 0.2) is 59.0 Å². The molecule has 128 valence electrons. The highest BCUT2D eigenvalue weighted by atomic mass is 35.5. The normalized spacial score (nSPS) is 15.0. The van der Waals surface area contributed by atoms with Gasteiger partial charge >= 0.3 is 0 Å². The number of benzene rings is 2. The summed E-state index contributed by atoms with van der Waals surface area (Å²) in [5.74, 6) is 1.75. The van der Waals surface area contributed by atoms with Crippen molar-refractivity contribution < 1.29 is 4.42 Å². The van der Waals surface area contributed by atoms with Gasteiger partial charge in [-0.25, -0.2) is 0 Å². The molecule has 0 unspecified atom stereocenters. The lowest BCUT2D eigenvalue weighted by atomic mass is 10.0. The molecule has 0 spiro atoms. The number of nitrogens with zero attached hydrogens (tertiary/aromatic N) is 1. The Morgan fingerprint density at radius 3 is 2.28 bits per heavy atom. The van der Waals surface area contributed by atoms with Crippen molar-refractivity contribution in [2.24, 2.45) is 0 Å². The Hall–Kier alpha value is -1.74. The number of fused-ring (bicyclic) bond motifs is 1. The fourth-order valence-corrected chi connectivity index (χ4v) is 3.89. The highest BCUT2D eigenvalue weighted by molar-refractivity contribution is 6.36. The van der Waals surface area contributed by atoms with Crippen molar-refractivity contribution in [2.45, 2.75) is 19.4 Å². The van der Waals surface area contributed by atoms with Gasteiger partial charge in [-0.3, -0.25) is 4.90 Å². The van der Waals surface area contributed by atoms with E-state index in [1.54, 1.807) is 6.07 Å². The molecule has 0 bridgehead atoms. The lowest BCUT2D eigenvalue weighted by Gasteiger charge is -2.18. The van der Waals surface area contributed by atoms with Crippen molar-refractivity contribution in [3.63, 3.8) is 0 Å². The first kappa shape index (κ1) is 16.7. The van der Waals surface area contributed by atoms with Gasteiger partial charge in [-0.05, 0) is 54.3 Å². The molecule has 1 aromatic heterocycles. The van der Waals surface area contributed by atoms with Gasteiger partial charge in [-0.1, -0.05) is 47.5 Å². The predicted molar refractivity (Wildman–Crippen MR) is 103 cm³/mol.